The zero-order chi connectivity index (χ0) is 16.4. The molecule has 120 valence electrons. The maximum absolute atomic E-state index is 12.1. The van der Waals surface area contributed by atoms with Crippen molar-refractivity contribution in [3.8, 4) is 11.5 Å². The Balaban J connectivity index is 1.71. The first-order valence-corrected chi connectivity index (χ1v) is 7.85. The average Bonchev–Trinajstić information content (AvgIpc) is 3.13. The van der Waals surface area contributed by atoms with Crippen molar-refractivity contribution < 1.29 is 14.6 Å². The van der Waals surface area contributed by atoms with E-state index < -0.39 is 0 Å². The van der Waals surface area contributed by atoms with Crippen LogP contribution in [0.3, 0.4) is 0 Å². The summed E-state index contributed by atoms with van der Waals surface area (Å²) in [4.78, 5) is 12.1. The molecular weight excluding hydrogens is 364 g/mol. The number of ether oxygens (including phenoxy) is 1. The predicted octanol–water partition coefficient (Wildman–Crippen LogP) is 2.14. The third-order valence-electron chi connectivity index (χ3n) is 3.67. The first kappa shape index (κ1) is 15.5. The zero-order valence-electron chi connectivity index (χ0n) is 12.4. The summed E-state index contributed by atoms with van der Waals surface area (Å²) in [5.41, 5.74) is 5.54. The van der Waals surface area contributed by atoms with E-state index in [-0.39, 0.29) is 11.7 Å². The fraction of sp³-hybridized carbons (Fsp3) is 0.267. The molecule has 7 nitrogen and oxygen atoms in total. The number of amides is 1. The Hall–Kier alpha value is -2.35. The normalized spacial score (nSPS) is 13.3. The number of halogens is 1. The minimum atomic E-state index is -0.342. The predicted molar refractivity (Wildman–Crippen MR) is 88.0 cm³/mol. The smallest absolute Gasteiger partial charge is 0.292 e. The van der Waals surface area contributed by atoms with Crippen LogP contribution in [0.4, 0.5) is 0 Å². The minimum absolute atomic E-state index is 0.0146. The summed E-state index contributed by atoms with van der Waals surface area (Å²) in [6.07, 6.45) is 4.30. The van der Waals surface area contributed by atoms with Crippen LogP contribution in [0.5, 0.6) is 11.5 Å². The number of hydrogen-bond acceptors (Lipinski definition) is 5. The Bertz CT molecular complexity index is 785. The lowest BCUT2D eigenvalue weighted by Gasteiger charge is -2.06. The van der Waals surface area contributed by atoms with E-state index in [9.17, 15) is 9.90 Å². The Morgan fingerprint density at radius 2 is 2.35 bits per heavy atom. The van der Waals surface area contributed by atoms with Crippen molar-refractivity contribution in [1.29, 1.82) is 0 Å². The molecule has 1 aromatic carbocycles. The van der Waals surface area contributed by atoms with Gasteiger partial charge in [0.15, 0.2) is 17.2 Å². The van der Waals surface area contributed by atoms with Crippen molar-refractivity contribution in [3.05, 3.63) is 39.1 Å². The topological polar surface area (TPSA) is 99.6 Å². The molecule has 1 heterocycles. The van der Waals surface area contributed by atoms with Gasteiger partial charge in [-0.05, 0) is 52.9 Å². The molecule has 23 heavy (non-hydrogen) atoms. The highest BCUT2D eigenvalue weighted by Gasteiger charge is 2.22. The van der Waals surface area contributed by atoms with E-state index in [1.54, 1.807) is 12.1 Å². The fourth-order valence-corrected chi connectivity index (χ4v) is 3.01. The van der Waals surface area contributed by atoms with Crippen molar-refractivity contribution in [2.75, 3.05) is 7.11 Å². The van der Waals surface area contributed by atoms with Gasteiger partial charge in [-0.3, -0.25) is 9.89 Å². The molecule has 0 unspecified atom stereocenters. The summed E-state index contributed by atoms with van der Waals surface area (Å²) in [5.74, 6) is -0.0106. The van der Waals surface area contributed by atoms with Crippen LogP contribution in [0.25, 0.3) is 0 Å². The van der Waals surface area contributed by atoms with Crippen LogP contribution < -0.4 is 10.2 Å². The maximum Gasteiger partial charge on any atom is 0.292 e. The van der Waals surface area contributed by atoms with E-state index in [0.717, 1.165) is 30.5 Å². The molecule has 0 fully saturated rings. The maximum atomic E-state index is 12.1. The van der Waals surface area contributed by atoms with E-state index in [1.807, 2.05) is 0 Å². The number of H-pyrrole nitrogens is 1. The summed E-state index contributed by atoms with van der Waals surface area (Å²) >= 11 is 3.23. The Labute approximate surface area is 140 Å². The molecule has 1 aliphatic carbocycles. The van der Waals surface area contributed by atoms with Crippen molar-refractivity contribution in [2.24, 2.45) is 5.10 Å². The van der Waals surface area contributed by atoms with E-state index in [2.05, 4.69) is 36.7 Å². The second-order valence-corrected chi connectivity index (χ2v) is 5.99. The molecule has 2 aromatic rings. The monoisotopic (exact) mass is 378 g/mol. The van der Waals surface area contributed by atoms with Gasteiger partial charge >= 0.3 is 0 Å². The largest absolute Gasteiger partial charge is 0.503 e. The average molecular weight is 379 g/mol. The second kappa shape index (κ2) is 6.41. The number of aromatic hydroxyl groups is 1. The van der Waals surface area contributed by atoms with Crippen LogP contribution in [0.15, 0.2) is 21.7 Å². The number of hydrazone groups is 1. The van der Waals surface area contributed by atoms with E-state index in [1.165, 1.54) is 13.3 Å². The SMILES string of the molecule is COc1cc(/C=N/NC(=O)c2n[nH]c3c2CCC3)cc(Br)c1O. The van der Waals surface area contributed by atoms with Gasteiger partial charge in [-0.15, -0.1) is 0 Å². The van der Waals surface area contributed by atoms with Crippen molar-refractivity contribution in [1.82, 2.24) is 15.6 Å². The highest BCUT2D eigenvalue weighted by Crippen LogP contribution is 2.34. The van der Waals surface area contributed by atoms with Gasteiger partial charge in [0.05, 0.1) is 17.8 Å². The number of fused-ring (bicyclic) bond motifs is 1. The second-order valence-electron chi connectivity index (χ2n) is 5.14. The number of hydrogen-bond donors (Lipinski definition) is 3. The van der Waals surface area contributed by atoms with E-state index >= 15 is 0 Å². The van der Waals surface area contributed by atoms with Gasteiger partial charge < -0.3 is 9.84 Å². The molecule has 0 radical (unpaired) electrons. The molecule has 0 saturated carbocycles. The molecule has 3 rings (SSSR count). The number of nitrogens with one attached hydrogen (secondary N) is 2. The number of phenolic OH excluding ortho intramolecular Hbond substituents is 1. The lowest BCUT2D eigenvalue weighted by atomic mass is 10.2. The Kier molecular flexibility index (Phi) is 4.33. The van der Waals surface area contributed by atoms with Gasteiger partial charge in [-0.25, -0.2) is 5.43 Å². The first-order chi connectivity index (χ1) is 11.1. The minimum Gasteiger partial charge on any atom is -0.503 e. The number of aromatic nitrogens is 2. The van der Waals surface area contributed by atoms with Gasteiger partial charge in [0.2, 0.25) is 0 Å². The van der Waals surface area contributed by atoms with Crippen LogP contribution in [0.2, 0.25) is 0 Å². The number of aryl methyl sites for hydroxylation is 1. The third kappa shape index (κ3) is 3.07. The zero-order valence-corrected chi connectivity index (χ0v) is 14.0. The standard InChI is InChI=1S/C15H15BrN4O3/c1-23-12-6-8(5-10(16)14(12)21)7-17-20-15(22)13-9-3-2-4-11(9)18-19-13/h5-7,21H,2-4H2,1H3,(H,18,19)(H,20,22)/b17-7+. The number of carbonyl (C=O) groups excluding carboxylic acids is 1. The van der Waals surface area contributed by atoms with Crippen LogP contribution in [-0.4, -0.2) is 34.5 Å². The summed E-state index contributed by atoms with van der Waals surface area (Å²) in [5, 5.41) is 20.6. The molecule has 1 amide bonds. The van der Waals surface area contributed by atoms with Gasteiger partial charge in [-0.1, -0.05) is 0 Å². The highest BCUT2D eigenvalue weighted by molar-refractivity contribution is 9.10. The summed E-state index contributed by atoms with van der Waals surface area (Å²) in [6.45, 7) is 0. The van der Waals surface area contributed by atoms with Gasteiger partial charge in [-0.2, -0.15) is 10.2 Å². The number of carbonyl (C=O) groups is 1. The molecule has 0 saturated heterocycles. The number of phenols is 1. The molecule has 0 spiro atoms. The quantitative estimate of drug-likeness (QED) is 0.560. The van der Waals surface area contributed by atoms with Crippen molar-refractivity contribution in [2.45, 2.75) is 19.3 Å². The van der Waals surface area contributed by atoms with Crippen LogP contribution in [0.1, 0.15) is 33.7 Å². The van der Waals surface area contributed by atoms with Crippen LogP contribution in [-0.2, 0) is 12.8 Å². The molecule has 0 aliphatic heterocycles. The number of aromatic amines is 1. The molecule has 1 aromatic heterocycles. The molecule has 0 atom stereocenters. The van der Waals surface area contributed by atoms with Crippen LogP contribution >= 0.6 is 15.9 Å². The van der Waals surface area contributed by atoms with Gasteiger partial charge in [0.1, 0.15) is 0 Å². The number of nitrogens with zero attached hydrogens (tertiary/aromatic N) is 2. The molecule has 3 N–H and O–H groups in total. The number of rotatable bonds is 4. The van der Waals surface area contributed by atoms with Gasteiger partial charge in [0, 0.05) is 11.3 Å². The lowest BCUT2D eigenvalue weighted by molar-refractivity contribution is 0.0949. The summed E-state index contributed by atoms with van der Waals surface area (Å²) < 4.78 is 5.54. The Morgan fingerprint density at radius 3 is 3.13 bits per heavy atom. The fourth-order valence-electron chi connectivity index (χ4n) is 2.55. The van der Waals surface area contributed by atoms with Gasteiger partial charge in [0.25, 0.3) is 5.91 Å². The first-order valence-electron chi connectivity index (χ1n) is 7.06. The Morgan fingerprint density at radius 1 is 1.52 bits per heavy atom. The summed E-state index contributed by atoms with van der Waals surface area (Å²) in [7, 11) is 1.46. The van der Waals surface area contributed by atoms with Crippen molar-refractivity contribution in [3.63, 3.8) is 0 Å². The van der Waals surface area contributed by atoms with Crippen LogP contribution in [0, 0.1) is 0 Å². The summed E-state index contributed by atoms with van der Waals surface area (Å²) in [6, 6.07) is 3.28. The van der Waals surface area contributed by atoms with E-state index in [0.29, 0.717) is 21.5 Å². The van der Waals surface area contributed by atoms with E-state index in [4.69, 9.17) is 4.74 Å². The molecule has 8 heteroatoms. The number of benzene rings is 1. The highest BCUT2D eigenvalue weighted by atomic mass is 79.9. The lowest BCUT2D eigenvalue weighted by Crippen LogP contribution is -2.19. The molecule has 0 bridgehead atoms. The molecular formula is C15H15BrN4O3. The number of methoxy groups -OCH3 is 1. The van der Waals surface area contributed by atoms with Crippen molar-refractivity contribution >= 4 is 28.1 Å². The third-order valence-corrected chi connectivity index (χ3v) is 4.28. The molecule has 1 aliphatic rings.